The predicted octanol–water partition coefficient (Wildman–Crippen LogP) is 3.00. The summed E-state index contributed by atoms with van der Waals surface area (Å²) >= 11 is 5.89. The number of amides is 2. The van der Waals surface area contributed by atoms with Crippen molar-refractivity contribution >= 4 is 35.1 Å². The fourth-order valence-electron chi connectivity index (χ4n) is 3.59. The lowest BCUT2D eigenvalue weighted by atomic mass is 10.1. The van der Waals surface area contributed by atoms with Crippen LogP contribution in [0.3, 0.4) is 0 Å². The van der Waals surface area contributed by atoms with Crippen molar-refractivity contribution in [3.63, 3.8) is 0 Å². The first-order chi connectivity index (χ1) is 12.4. The van der Waals surface area contributed by atoms with E-state index in [1.54, 1.807) is 24.3 Å². The van der Waals surface area contributed by atoms with E-state index >= 15 is 0 Å². The molecule has 2 fully saturated rings. The average Bonchev–Trinajstić information content (AvgIpc) is 3.24. The molecular formula is C19H23ClN2O4. The number of hydrogen-bond acceptors (Lipinski definition) is 4. The van der Waals surface area contributed by atoms with Crippen LogP contribution >= 0.6 is 11.6 Å². The van der Waals surface area contributed by atoms with Crippen molar-refractivity contribution < 1.29 is 19.1 Å². The van der Waals surface area contributed by atoms with E-state index in [-0.39, 0.29) is 18.4 Å². The molecule has 2 aliphatic rings. The molecule has 1 aliphatic carbocycles. The number of rotatable bonds is 5. The van der Waals surface area contributed by atoms with Gasteiger partial charge in [-0.3, -0.25) is 14.4 Å². The molecule has 0 unspecified atom stereocenters. The molecule has 2 atom stereocenters. The molecule has 1 aromatic rings. The summed E-state index contributed by atoms with van der Waals surface area (Å²) in [6.45, 7) is 1.91. The first kappa shape index (κ1) is 18.7. The van der Waals surface area contributed by atoms with Crippen molar-refractivity contribution in [3.8, 4) is 0 Å². The summed E-state index contributed by atoms with van der Waals surface area (Å²) < 4.78 is 5.29. The number of esters is 1. The summed E-state index contributed by atoms with van der Waals surface area (Å²) in [7, 11) is 0. The molecule has 3 rings (SSSR count). The molecule has 2 amide bonds. The van der Waals surface area contributed by atoms with Gasteiger partial charge < -0.3 is 15.0 Å². The first-order valence-corrected chi connectivity index (χ1v) is 9.38. The second kappa shape index (κ2) is 8.08. The highest BCUT2D eigenvalue weighted by Gasteiger charge is 2.40. The quantitative estimate of drug-likeness (QED) is 0.799. The lowest BCUT2D eigenvalue weighted by molar-refractivity contribution is -0.157. The molecule has 26 heavy (non-hydrogen) atoms. The summed E-state index contributed by atoms with van der Waals surface area (Å²) in [5.74, 6) is -1.41. The Morgan fingerprint density at radius 3 is 2.73 bits per heavy atom. The van der Waals surface area contributed by atoms with E-state index in [1.165, 1.54) is 6.92 Å². The predicted molar refractivity (Wildman–Crippen MR) is 97.7 cm³/mol. The van der Waals surface area contributed by atoms with Gasteiger partial charge in [0.25, 0.3) is 5.91 Å². The number of nitrogens with one attached hydrogen (secondary N) is 1. The Kier molecular flexibility index (Phi) is 5.81. The molecule has 0 radical (unpaired) electrons. The topological polar surface area (TPSA) is 75.7 Å². The van der Waals surface area contributed by atoms with Gasteiger partial charge >= 0.3 is 5.97 Å². The van der Waals surface area contributed by atoms with Gasteiger partial charge in [0.05, 0.1) is 5.92 Å². The molecule has 140 valence electrons. The summed E-state index contributed by atoms with van der Waals surface area (Å²) in [6.07, 6.45) is 3.49. The Morgan fingerprint density at radius 1 is 1.31 bits per heavy atom. The minimum absolute atomic E-state index is 0.00915. The number of anilines is 1. The zero-order valence-corrected chi connectivity index (χ0v) is 15.5. The maximum atomic E-state index is 12.4. The summed E-state index contributed by atoms with van der Waals surface area (Å²) in [5, 5.41) is 3.17. The lowest BCUT2D eigenvalue weighted by Crippen LogP contribution is -2.36. The number of carbonyl (C=O) groups excluding carboxylic acids is 3. The molecule has 1 heterocycles. The largest absolute Gasteiger partial charge is 0.452 e. The van der Waals surface area contributed by atoms with Crippen molar-refractivity contribution in [3.05, 3.63) is 29.3 Å². The fourth-order valence-corrected chi connectivity index (χ4v) is 3.78. The highest BCUT2D eigenvalue weighted by atomic mass is 35.5. The number of ether oxygens (including phenoxy) is 1. The van der Waals surface area contributed by atoms with E-state index in [0.717, 1.165) is 25.7 Å². The van der Waals surface area contributed by atoms with Crippen LogP contribution in [0, 0.1) is 5.92 Å². The zero-order chi connectivity index (χ0) is 18.7. The van der Waals surface area contributed by atoms with Crippen molar-refractivity contribution in [1.29, 1.82) is 0 Å². The van der Waals surface area contributed by atoms with Gasteiger partial charge in [0.1, 0.15) is 0 Å². The first-order valence-electron chi connectivity index (χ1n) is 9.00. The number of hydrogen-bond donors (Lipinski definition) is 1. The molecule has 7 heteroatoms. The molecule has 0 aromatic heterocycles. The molecule has 1 saturated heterocycles. The fraction of sp³-hybridized carbons (Fsp3) is 0.526. The van der Waals surface area contributed by atoms with Crippen LogP contribution in [0.15, 0.2) is 24.3 Å². The zero-order valence-electron chi connectivity index (χ0n) is 14.7. The van der Waals surface area contributed by atoms with Crippen molar-refractivity contribution in [1.82, 2.24) is 4.90 Å². The number of nitrogens with zero attached hydrogens (tertiary/aromatic N) is 1. The third-order valence-electron chi connectivity index (χ3n) is 5.01. The molecule has 1 saturated carbocycles. The number of likely N-dealkylation sites (tertiary alicyclic amines) is 1. The van der Waals surface area contributed by atoms with Crippen LogP contribution in [0.25, 0.3) is 0 Å². The van der Waals surface area contributed by atoms with Crippen molar-refractivity contribution in [2.75, 3.05) is 11.9 Å². The van der Waals surface area contributed by atoms with Crippen LogP contribution in [0.2, 0.25) is 5.02 Å². The van der Waals surface area contributed by atoms with Gasteiger partial charge in [-0.25, -0.2) is 0 Å². The standard InChI is InChI=1S/C19H23ClN2O4/c1-12(18(24)21-15-6-4-5-14(20)10-15)26-19(25)13-9-17(23)22(11-13)16-7-2-3-8-16/h4-6,10,12-13,16H,2-3,7-9,11H2,1H3,(H,21,24)/t12-,13-/m0/s1. The van der Waals surface area contributed by atoms with Crippen LogP contribution in [0.5, 0.6) is 0 Å². The van der Waals surface area contributed by atoms with Gasteiger partial charge in [-0.15, -0.1) is 0 Å². The smallest absolute Gasteiger partial charge is 0.312 e. The van der Waals surface area contributed by atoms with Crippen LogP contribution in [-0.2, 0) is 19.1 Å². The third kappa shape index (κ3) is 4.36. The maximum absolute atomic E-state index is 12.4. The monoisotopic (exact) mass is 378 g/mol. The van der Waals surface area contributed by atoms with Crippen LogP contribution in [-0.4, -0.2) is 41.4 Å². The molecule has 1 N–H and O–H groups in total. The number of carbonyl (C=O) groups is 3. The third-order valence-corrected chi connectivity index (χ3v) is 5.25. The Labute approximate surface area is 157 Å². The van der Waals surface area contributed by atoms with Gasteiger partial charge in [0.15, 0.2) is 6.10 Å². The van der Waals surface area contributed by atoms with E-state index < -0.39 is 23.9 Å². The van der Waals surface area contributed by atoms with Gasteiger partial charge in [0.2, 0.25) is 5.91 Å². The van der Waals surface area contributed by atoms with E-state index in [0.29, 0.717) is 17.3 Å². The molecule has 0 spiro atoms. The normalized spacial score (nSPS) is 21.7. The summed E-state index contributed by atoms with van der Waals surface area (Å²) in [5.41, 5.74) is 0.536. The minimum Gasteiger partial charge on any atom is -0.452 e. The average molecular weight is 379 g/mol. The van der Waals surface area contributed by atoms with Crippen molar-refractivity contribution in [2.24, 2.45) is 5.92 Å². The lowest BCUT2D eigenvalue weighted by Gasteiger charge is -2.24. The number of benzene rings is 1. The van der Waals surface area contributed by atoms with E-state index in [9.17, 15) is 14.4 Å². The van der Waals surface area contributed by atoms with Gasteiger partial charge in [0, 0.05) is 29.7 Å². The summed E-state index contributed by atoms with van der Waals surface area (Å²) in [4.78, 5) is 38.6. The van der Waals surface area contributed by atoms with Gasteiger partial charge in [-0.2, -0.15) is 0 Å². The Hall–Kier alpha value is -2.08. The Morgan fingerprint density at radius 2 is 2.04 bits per heavy atom. The minimum atomic E-state index is -0.947. The van der Waals surface area contributed by atoms with Crippen LogP contribution in [0.4, 0.5) is 5.69 Å². The van der Waals surface area contributed by atoms with Crippen molar-refractivity contribution in [2.45, 2.75) is 51.2 Å². The Balaban J connectivity index is 1.52. The molecule has 1 aromatic carbocycles. The highest BCUT2D eigenvalue weighted by Crippen LogP contribution is 2.30. The van der Waals surface area contributed by atoms with Gasteiger partial charge in [-0.1, -0.05) is 30.5 Å². The maximum Gasteiger partial charge on any atom is 0.312 e. The van der Waals surface area contributed by atoms with E-state index in [2.05, 4.69) is 5.32 Å². The van der Waals surface area contributed by atoms with Crippen LogP contribution in [0.1, 0.15) is 39.0 Å². The molecular weight excluding hydrogens is 356 g/mol. The molecule has 6 nitrogen and oxygen atoms in total. The molecule has 0 bridgehead atoms. The van der Waals surface area contributed by atoms with Crippen LogP contribution < -0.4 is 5.32 Å². The SMILES string of the molecule is C[C@H](OC(=O)[C@H]1CC(=O)N(C2CCCC2)C1)C(=O)Nc1cccc(Cl)c1. The van der Waals surface area contributed by atoms with E-state index in [1.807, 2.05) is 4.90 Å². The second-order valence-electron chi connectivity index (χ2n) is 6.96. The highest BCUT2D eigenvalue weighted by molar-refractivity contribution is 6.30. The second-order valence-corrected chi connectivity index (χ2v) is 7.40. The van der Waals surface area contributed by atoms with E-state index in [4.69, 9.17) is 16.3 Å². The summed E-state index contributed by atoms with van der Waals surface area (Å²) in [6, 6.07) is 6.99. The van der Waals surface area contributed by atoms with Gasteiger partial charge in [-0.05, 0) is 38.0 Å². The number of halogens is 1. The molecule has 1 aliphatic heterocycles. The Bertz CT molecular complexity index is 703.